The number of isocyanates is 4. The molecule has 11 N–H and O–H groups in total. The molecule has 0 aliphatic heterocycles. The van der Waals surface area contributed by atoms with Crippen LogP contribution in [-0.2, 0) is 33.6 Å². The largest absolute Gasteiger partial charge is 1.00 e. The number of unbranched alkanes of at least 4 members (excludes halogenated alkanes) is 8. The van der Waals surface area contributed by atoms with Crippen LogP contribution in [0.3, 0.4) is 0 Å². The van der Waals surface area contributed by atoms with Gasteiger partial charge in [0.2, 0.25) is 24.3 Å². The van der Waals surface area contributed by atoms with E-state index in [2.05, 4.69) is 25.3 Å². The van der Waals surface area contributed by atoms with Crippen molar-refractivity contribution >= 4 is 53.6 Å². The van der Waals surface area contributed by atoms with Crippen molar-refractivity contribution in [3.63, 3.8) is 0 Å². The number of carbonyl (C=O) groups excluding carboxylic acids is 5. The minimum Gasteiger partial charge on any atom is -0.550 e. The molecule has 0 saturated carbocycles. The van der Waals surface area contributed by atoms with Gasteiger partial charge in [0.25, 0.3) is 0 Å². The van der Waals surface area contributed by atoms with E-state index in [-0.39, 0.29) is 93.9 Å². The molecule has 0 atom stereocenters. The predicted molar refractivity (Wildman–Crippen MR) is 240 cm³/mol. The van der Waals surface area contributed by atoms with E-state index >= 15 is 0 Å². The first-order chi connectivity index (χ1) is 31.1. The molecule has 0 aliphatic carbocycles. The molecule has 66 heavy (non-hydrogen) atoms. The number of carboxylic acids is 3. The zero-order valence-electron chi connectivity index (χ0n) is 39.3. The molecule has 1 rings (SSSR count). The summed E-state index contributed by atoms with van der Waals surface area (Å²) in [6.45, 7) is 9.11. The number of nitrogens with zero attached hydrogens (tertiary/aromatic N) is 4. The summed E-state index contributed by atoms with van der Waals surface area (Å²) < 4.78 is 0. The van der Waals surface area contributed by atoms with Crippen LogP contribution in [0.15, 0.2) is 38.2 Å². The minimum absolute atomic E-state index is 0. The monoisotopic (exact) mass is 955 g/mol. The van der Waals surface area contributed by atoms with E-state index in [1.165, 1.54) is 24.3 Å². The molecule has 0 aliphatic rings. The Balaban J connectivity index is -0.000000125. The van der Waals surface area contributed by atoms with Gasteiger partial charge in [-0.3, -0.25) is 9.59 Å². The molecule has 22 nitrogen and oxygen atoms in total. The number of aliphatic imine (C=N–C) groups is 4. The average Bonchev–Trinajstić information content (AvgIpc) is 3.28. The molecule has 1 aromatic rings. The molecule has 0 aromatic heterocycles. The maximum absolute atomic E-state index is 10.00. The van der Waals surface area contributed by atoms with Gasteiger partial charge in [0.15, 0.2) is 0 Å². The van der Waals surface area contributed by atoms with Gasteiger partial charge in [0, 0.05) is 75.9 Å². The van der Waals surface area contributed by atoms with E-state index in [0.29, 0.717) is 62.5 Å². The first-order valence-electron chi connectivity index (χ1n) is 21.1. The number of carbonyl (C=O) groups is 3. The maximum atomic E-state index is 10.00. The molecule has 0 spiro atoms. The van der Waals surface area contributed by atoms with Crippen molar-refractivity contribution in [1.82, 2.24) is 5.32 Å². The van der Waals surface area contributed by atoms with Gasteiger partial charge < -0.3 is 61.8 Å². The number of benzene rings is 1. The molecular formula is C43H75N6NaO16. The Morgan fingerprint density at radius 1 is 0.606 bits per heavy atom. The number of nitrogens with one attached hydrogen (secondary N) is 1. The third kappa shape index (κ3) is 77.1. The standard InChI is InChI=1S/C9H6N2O2.C8H12N2O2.C6H10O4.C6H14O2.C5H12N2O2.C5H12O2.C4H10O2.Na/c1-7-8(10-5-12)3-2-4-9(7)11-6-13;11-7-9-5-3-1-2-4-6-10-8-12;7-5(8)3-1-2-4-6(9)10;7-5-3-1-2-4-6-8;6-2-4-7-3-1-5(8)9;1-5(2,3-6)4-7;5-3-1-2-4-6;/h2-4H,1H3;1-6H2;1-4H2,(H,7,8)(H,9,10);7-8H,1-6H2;7H,1-4,6H2,(H,8,9);6-7H,3-4H2,1-2H3;5-6H,1-4H2;/q;;;;;;;+1/p-1. The Morgan fingerprint density at radius 2 is 0.970 bits per heavy atom. The van der Waals surface area contributed by atoms with Crippen molar-refractivity contribution in [3.05, 3.63) is 23.8 Å². The van der Waals surface area contributed by atoms with E-state index in [1.54, 1.807) is 39.0 Å². The number of aliphatic hydroxyl groups is 6. The third-order valence-electron chi connectivity index (χ3n) is 7.37. The summed E-state index contributed by atoms with van der Waals surface area (Å²) in [5, 5.41) is 78.5. The summed E-state index contributed by atoms with van der Waals surface area (Å²) in [5.74, 6) is -2.77. The second kappa shape index (κ2) is 65.1. The number of aliphatic hydroxyl groups excluding tert-OH is 6. The molecule has 0 heterocycles. The Hall–Kier alpha value is -4.17. The minimum atomic E-state index is -1.03. The number of hydrogen-bond acceptors (Lipinski definition) is 20. The second-order valence-corrected chi connectivity index (χ2v) is 13.8. The third-order valence-corrected chi connectivity index (χ3v) is 7.37. The number of nitrogens with two attached hydrogens (primary N) is 1. The molecule has 0 amide bonds. The fraction of sp³-hybridized carbons (Fsp3) is 0.698. The van der Waals surface area contributed by atoms with Crippen LogP contribution >= 0.6 is 0 Å². The van der Waals surface area contributed by atoms with Crippen LogP contribution < -0.4 is 45.7 Å². The topological polar surface area (TPSA) is 392 Å². The molecule has 0 fully saturated rings. The molecule has 0 bridgehead atoms. The fourth-order valence-electron chi connectivity index (χ4n) is 3.60. The molecular weight excluding hydrogens is 879 g/mol. The van der Waals surface area contributed by atoms with E-state index in [1.807, 2.05) is 0 Å². The summed E-state index contributed by atoms with van der Waals surface area (Å²) >= 11 is 0. The van der Waals surface area contributed by atoms with Gasteiger partial charge in [-0.05, 0) is 76.8 Å². The zero-order chi connectivity index (χ0) is 50.8. The van der Waals surface area contributed by atoms with Gasteiger partial charge >= 0.3 is 41.5 Å². The van der Waals surface area contributed by atoms with Gasteiger partial charge in [-0.25, -0.2) is 29.2 Å². The van der Waals surface area contributed by atoms with Crippen LogP contribution in [0, 0.1) is 12.3 Å². The van der Waals surface area contributed by atoms with E-state index in [0.717, 1.165) is 64.2 Å². The van der Waals surface area contributed by atoms with Gasteiger partial charge in [0.1, 0.15) is 0 Å². The number of hydrogen-bond donors (Lipinski definition) is 10. The van der Waals surface area contributed by atoms with E-state index in [9.17, 15) is 38.7 Å². The van der Waals surface area contributed by atoms with Crippen LogP contribution in [0.2, 0.25) is 0 Å². The SMILES string of the molecule is CC(C)(CO)CO.Cc1c(N=C=O)cccc1N=C=O.NCCNCCC(=O)[O-].O=C(O)CCCCC(=O)O.O=C=NCCCCCCN=C=O.OCCCCCCO.OCCCCO.[Na+]. The quantitative estimate of drug-likeness (QED) is 0.0196. The molecule has 0 radical (unpaired) electrons. The van der Waals surface area contributed by atoms with Crippen molar-refractivity contribution in [1.29, 1.82) is 0 Å². The van der Waals surface area contributed by atoms with Crippen LogP contribution in [-0.4, -0.2) is 155 Å². The summed E-state index contributed by atoms with van der Waals surface area (Å²) in [5.41, 5.74) is 6.40. The second-order valence-electron chi connectivity index (χ2n) is 13.8. The van der Waals surface area contributed by atoms with E-state index in [4.69, 9.17) is 46.6 Å². The van der Waals surface area contributed by atoms with Crippen molar-refractivity contribution in [2.24, 2.45) is 31.1 Å². The Bertz CT molecular complexity index is 1380. The van der Waals surface area contributed by atoms with Gasteiger partial charge in [0.05, 0.1) is 37.7 Å². The zero-order valence-corrected chi connectivity index (χ0v) is 41.3. The molecule has 0 saturated heterocycles. The molecule has 0 unspecified atom stereocenters. The van der Waals surface area contributed by atoms with Crippen molar-refractivity contribution in [3.8, 4) is 0 Å². The van der Waals surface area contributed by atoms with Crippen molar-refractivity contribution in [2.45, 2.75) is 117 Å². The van der Waals surface area contributed by atoms with Gasteiger partial charge in [-0.15, -0.1) is 0 Å². The van der Waals surface area contributed by atoms with Gasteiger partial charge in [-0.1, -0.05) is 45.6 Å². The van der Waals surface area contributed by atoms with Gasteiger partial charge in [-0.2, -0.15) is 9.98 Å². The predicted octanol–water partition coefficient (Wildman–Crippen LogP) is -1.18. The summed E-state index contributed by atoms with van der Waals surface area (Å²) in [7, 11) is 0. The number of aliphatic carboxylic acids is 3. The average molecular weight is 955 g/mol. The Labute approximate surface area is 410 Å². The number of rotatable bonds is 29. The summed E-state index contributed by atoms with van der Waals surface area (Å²) in [4.78, 5) is 82.6. The fourth-order valence-corrected chi connectivity index (χ4v) is 3.60. The Kier molecular flexibility index (Phi) is 75.1. The Morgan fingerprint density at radius 3 is 1.24 bits per heavy atom. The van der Waals surface area contributed by atoms with Crippen molar-refractivity contribution in [2.75, 3.05) is 72.4 Å². The first-order valence-corrected chi connectivity index (χ1v) is 21.1. The molecule has 1 aromatic carbocycles. The summed E-state index contributed by atoms with van der Waals surface area (Å²) in [6.07, 6.45) is 16.0. The number of carboxylic acid groups (broad SMARTS) is 3. The maximum Gasteiger partial charge on any atom is 1.00 e. The van der Waals surface area contributed by atoms with Crippen molar-refractivity contribution < 1.29 is 109 Å². The first kappa shape index (κ1) is 76.1. The van der Waals surface area contributed by atoms with E-state index < -0.39 is 17.9 Å². The molecule has 374 valence electrons. The van der Waals surface area contributed by atoms with Crippen LogP contribution in [0.5, 0.6) is 0 Å². The van der Waals surface area contributed by atoms with Crippen LogP contribution in [0.4, 0.5) is 11.4 Å². The summed E-state index contributed by atoms with van der Waals surface area (Å²) in [6, 6.07) is 4.94. The normalized spacial score (nSPS) is 9.12. The smallest absolute Gasteiger partial charge is 0.550 e. The van der Waals surface area contributed by atoms with Crippen LogP contribution in [0.1, 0.15) is 116 Å². The molecule has 23 heteroatoms. The van der Waals surface area contributed by atoms with Crippen LogP contribution in [0.25, 0.3) is 0 Å².